The zero-order valence-electron chi connectivity index (χ0n) is 45.0. The highest BCUT2D eigenvalue weighted by atomic mass is 16.6. The van der Waals surface area contributed by atoms with Gasteiger partial charge in [-0.2, -0.15) is 0 Å². The van der Waals surface area contributed by atoms with Gasteiger partial charge in [-0.25, -0.2) is 4.79 Å². The lowest BCUT2D eigenvalue weighted by Gasteiger charge is -2.42. The van der Waals surface area contributed by atoms with E-state index in [0.717, 1.165) is 12.0 Å². The third-order valence-electron chi connectivity index (χ3n) is 15.0. The minimum absolute atomic E-state index is 0.0193. The van der Waals surface area contributed by atoms with Crippen LogP contribution in [0.25, 0.3) is 0 Å². The molecule has 3 N–H and O–H groups in total. The summed E-state index contributed by atoms with van der Waals surface area (Å²) in [7, 11) is 4.52. The molecule has 4 aliphatic rings. The topological polar surface area (TPSA) is 205 Å². The van der Waals surface area contributed by atoms with E-state index in [0.29, 0.717) is 76.6 Å². The van der Waals surface area contributed by atoms with E-state index in [2.05, 4.69) is 13.2 Å². The van der Waals surface area contributed by atoms with Gasteiger partial charge in [0.15, 0.2) is 5.78 Å². The molecule has 0 radical (unpaired) electrons. The molecule has 0 spiro atoms. The number of rotatable bonds is 10. The van der Waals surface area contributed by atoms with Gasteiger partial charge in [-0.3, -0.25) is 19.2 Å². The summed E-state index contributed by atoms with van der Waals surface area (Å²) in [6, 6.07) is -1.14. The predicted octanol–water partition coefficient (Wildman–Crippen LogP) is 7.56. The first-order valence-electron chi connectivity index (χ1n) is 26.1. The Kier molecular flexibility index (Phi) is 26.9. The molecule has 1 amide bonds. The first kappa shape index (κ1) is 62.4. The van der Waals surface area contributed by atoms with Crippen molar-refractivity contribution >= 4 is 29.2 Å². The lowest BCUT2D eigenvalue weighted by molar-refractivity contribution is -0.265. The Bertz CT molecular complexity index is 1900. The molecule has 3 heterocycles. The van der Waals surface area contributed by atoms with E-state index in [4.69, 9.17) is 28.4 Å². The van der Waals surface area contributed by atoms with Gasteiger partial charge in [0.05, 0.1) is 37.6 Å². The van der Waals surface area contributed by atoms with Gasteiger partial charge < -0.3 is 48.6 Å². The van der Waals surface area contributed by atoms with E-state index in [1.54, 1.807) is 53.2 Å². The van der Waals surface area contributed by atoms with Gasteiger partial charge in [0.25, 0.3) is 11.7 Å². The molecule has 15 atom stereocenters. The number of ether oxygens (including phenoxy) is 6. The lowest BCUT2D eigenvalue weighted by atomic mass is 9.78. The van der Waals surface area contributed by atoms with Crippen LogP contribution in [0.2, 0.25) is 0 Å². The van der Waals surface area contributed by atoms with Crippen LogP contribution in [0.4, 0.5) is 0 Å². The highest BCUT2D eigenvalue weighted by Crippen LogP contribution is 2.38. The Morgan fingerprint density at radius 2 is 1.54 bits per heavy atom. The van der Waals surface area contributed by atoms with Crippen LogP contribution in [-0.2, 0) is 52.4 Å². The molecule has 15 heteroatoms. The monoisotopic (exact) mass is 1010 g/mol. The maximum atomic E-state index is 14.4. The largest absolute Gasteiger partial charge is 0.460 e. The van der Waals surface area contributed by atoms with Gasteiger partial charge in [-0.05, 0) is 107 Å². The molecular formula is C57H89NO14. The number of aliphatic hydroxyl groups excluding tert-OH is 2. The van der Waals surface area contributed by atoms with Crippen molar-refractivity contribution in [3.63, 3.8) is 0 Å². The number of esters is 1. The van der Waals surface area contributed by atoms with E-state index in [1.165, 1.54) is 12.0 Å². The number of allylic oxidation sites excluding steroid dienone is 6. The standard InChI is InChI=1S/C51H79NO13.C6H10O/c1-30-16-12-11-13-17-31(2)42(61-8)28-38-21-19-36(7)51(60,65-38)48(57)49(58)52-23-15-14-18-39(52)50(59)64-43(33(4)26-37-20-22-40(53)44(27-37)62-9)29-41(54)32(3)25-35(6)46(56)47(63-10)45(55)34(5)24-30;1-3-5-7-6-4-2/h11-13,16-17,25,30,32-34,36-40,42-44,46-47,53,56,60H,14-15,18-24,26-29H2,1-10H3;3-4H,1-2,5-6H2/b13-11+,16-12+,31-17+,35-25+;/t30-,32-,33-,34-,36-,37+,38+,39+,40-,42+,43+,44-,46-,47+,51-;/m1./s1. The number of amides is 1. The van der Waals surface area contributed by atoms with Gasteiger partial charge in [0.1, 0.15) is 30.1 Å². The second-order valence-electron chi connectivity index (χ2n) is 20.7. The molecule has 0 unspecified atom stereocenters. The van der Waals surface area contributed by atoms with Gasteiger partial charge in [0.2, 0.25) is 5.79 Å². The van der Waals surface area contributed by atoms with Crippen molar-refractivity contribution in [2.45, 2.75) is 180 Å². The molecule has 0 aromatic rings. The van der Waals surface area contributed by atoms with Gasteiger partial charge in [-0.1, -0.05) is 83.2 Å². The second kappa shape index (κ2) is 31.1. The fraction of sp³-hybridized carbons (Fsp3) is 0.702. The van der Waals surface area contributed by atoms with Crippen LogP contribution in [0.15, 0.2) is 72.9 Å². The molecule has 3 fully saturated rings. The highest BCUT2D eigenvalue weighted by Gasteiger charge is 2.53. The lowest BCUT2D eigenvalue weighted by Crippen LogP contribution is -2.61. The number of aliphatic hydroxyl groups is 3. The molecule has 4 rings (SSSR count). The van der Waals surface area contributed by atoms with E-state index < -0.39 is 83.9 Å². The summed E-state index contributed by atoms with van der Waals surface area (Å²) in [5, 5.41) is 33.8. The van der Waals surface area contributed by atoms with Crippen molar-refractivity contribution in [2.75, 3.05) is 41.1 Å². The second-order valence-corrected chi connectivity index (χ2v) is 20.7. The number of Topliss-reactive ketones (excluding diaryl/α,β-unsaturated/α-hetero) is 3. The number of cyclic esters (lactones) is 1. The fourth-order valence-electron chi connectivity index (χ4n) is 10.4. The summed E-state index contributed by atoms with van der Waals surface area (Å²) in [4.78, 5) is 71.8. The average Bonchev–Trinajstić information content (AvgIpc) is 3.36. The van der Waals surface area contributed by atoms with Crippen LogP contribution < -0.4 is 0 Å². The maximum Gasteiger partial charge on any atom is 0.329 e. The Labute approximate surface area is 430 Å². The smallest absolute Gasteiger partial charge is 0.329 e. The van der Waals surface area contributed by atoms with Crippen LogP contribution in [0.5, 0.6) is 0 Å². The Balaban J connectivity index is 0.00000181. The summed E-state index contributed by atoms with van der Waals surface area (Å²) in [6.45, 7) is 20.9. The van der Waals surface area contributed by atoms with Crippen molar-refractivity contribution in [3.8, 4) is 0 Å². The summed E-state index contributed by atoms with van der Waals surface area (Å²) in [5.41, 5.74) is 1.27. The van der Waals surface area contributed by atoms with Crippen LogP contribution in [0.1, 0.15) is 126 Å². The third kappa shape index (κ3) is 18.2. The Hall–Kier alpha value is -3.93. The summed E-state index contributed by atoms with van der Waals surface area (Å²) in [6.07, 6.45) is 14.6. The predicted molar refractivity (Wildman–Crippen MR) is 276 cm³/mol. The number of fused-ring (bicyclic) bond motifs is 3. The first-order valence-corrected chi connectivity index (χ1v) is 26.1. The van der Waals surface area contributed by atoms with Crippen molar-refractivity contribution in [1.29, 1.82) is 0 Å². The number of ketones is 3. The van der Waals surface area contributed by atoms with E-state index >= 15 is 0 Å². The number of carbonyl (C=O) groups excluding carboxylic acids is 5. The fourth-order valence-corrected chi connectivity index (χ4v) is 10.4. The van der Waals surface area contributed by atoms with E-state index in [9.17, 15) is 39.3 Å². The van der Waals surface area contributed by atoms with Crippen LogP contribution in [-0.4, -0.2) is 145 Å². The van der Waals surface area contributed by atoms with Crippen molar-refractivity contribution in [1.82, 2.24) is 4.90 Å². The van der Waals surface area contributed by atoms with Gasteiger partial charge >= 0.3 is 5.97 Å². The van der Waals surface area contributed by atoms with Crippen LogP contribution in [0.3, 0.4) is 0 Å². The molecule has 1 aliphatic carbocycles. The van der Waals surface area contributed by atoms with Crippen molar-refractivity contribution in [3.05, 3.63) is 72.9 Å². The highest BCUT2D eigenvalue weighted by molar-refractivity contribution is 6.39. The molecule has 72 heavy (non-hydrogen) atoms. The Morgan fingerprint density at radius 3 is 2.18 bits per heavy atom. The molecule has 15 nitrogen and oxygen atoms in total. The zero-order valence-corrected chi connectivity index (χ0v) is 45.0. The van der Waals surface area contributed by atoms with E-state index in [-0.39, 0.29) is 54.8 Å². The SMILES string of the molecule is C=CCOCC=C.CO[C@H]1C[C@@H]2CC[C@@H](C)[C@@](O)(O2)C(=O)C(=O)N2CCCC[C@H]2C(=O)O[C@H]([C@H](C)C[C@@H]2CC[C@@H](O)[C@H](OC)C2)CC(=O)[C@H](C)/C=C(\C)[C@@H](O)[C@@H](OC)C(=O)[C@H](C)C[C@H](C)/C=C/C=C/C=C/1C. The molecule has 2 bridgehead atoms. The molecule has 406 valence electrons. The summed E-state index contributed by atoms with van der Waals surface area (Å²) < 4.78 is 34.3. The molecular weight excluding hydrogens is 923 g/mol. The third-order valence-corrected chi connectivity index (χ3v) is 15.0. The Morgan fingerprint density at radius 1 is 0.847 bits per heavy atom. The minimum Gasteiger partial charge on any atom is -0.460 e. The maximum absolute atomic E-state index is 14.4. The zero-order chi connectivity index (χ0) is 53.7. The molecule has 0 aromatic heterocycles. The normalized spacial score (nSPS) is 37.3. The number of hydrogen-bond acceptors (Lipinski definition) is 14. The van der Waals surface area contributed by atoms with Crippen molar-refractivity contribution in [2.24, 2.45) is 35.5 Å². The van der Waals surface area contributed by atoms with Crippen molar-refractivity contribution < 1.29 is 67.7 Å². The quantitative estimate of drug-likeness (QED) is 0.0837. The van der Waals surface area contributed by atoms with Gasteiger partial charge in [-0.15, -0.1) is 13.2 Å². The number of carbonyl (C=O) groups is 5. The number of hydrogen-bond donors (Lipinski definition) is 3. The van der Waals surface area contributed by atoms with E-state index in [1.807, 2.05) is 58.1 Å². The summed E-state index contributed by atoms with van der Waals surface area (Å²) in [5.74, 6) is -7.96. The molecule has 3 aliphatic heterocycles. The number of nitrogens with zero attached hydrogens (tertiary/aromatic N) is 1. The number of piperidine rings is 1. The first-order chi connectivity index (χ1) is 34.2. The van der Waals surface area contributed by atoms with Crippen LogP contribution >= 0.6 is 0 Å². The molecule has 1 saturated carbocycles. The van der Waals surface area contributed by atoms with Crippen LogP contribution in [0, 0.1) is 35.5 Å². The number of methoxy groups -OCH3 is 3. The molecule has 2 saturated heterocycles. The molecule has 0 aromatic carbocycles. The van der Waals surface area contributed by atoms with Gasteiger partial charge in [0, 0.05) is 58.5 Å². The summed E-state index contributed by atoms with van der Waals surface area (Å²) >= 11 is 0. The average molecular weight is 1010 g/mol. The minimum atomic E-state index is -2.43.